The van der Waals surface area contributed by atoms with Gasteiger partial charge in [0.15, 0.2) is 0 Å². The normalized spacial score (nSPS) is 18.0. The molecule has 7 nitrogen and oxygen atoms in total. The van der Waals surface area contributed by atoms with Crippen molar-refractivity contribution in [1.29, 1.82) is 0 Å². The molecule has 7 heteroatoms. The van der Waals surface area contributed by atoms with Gasteiger partial charge in [-0.15, -0.1) is 0 Å². The number of aliphatic hydroxyl groups excluding tert-OH is 1. The van der Waals surface area contributed by atoms with Gasteiger partial charge >= 0.3 is 0 Å². The number of aromatic amines is 1. The molecule has 0 saturated carbocycles. The second-order valence-corrected chi connectivity index (χ2v) is 8.39. The molecule has 1 fully saturated rings. The number of carbonyl (C=O) groups is 2. The first-order valence-electron chi connectivity index (χ1n) is 10.9. The van der Waals surface area contributed by atoms with E-state index in [-0.39, 0.29) is 30.6 Å². The summed E-state index contributed by atoms with van der Waals surface area (Å²) < 4.78 is 10.9. The van der Waals surface area contributed by atoms with Gasteiger partial charge in [-0.3, -0.25) is 9.59 Å². The zero-order valence-electron chi connectivity index (χ0n) is 19.2. The Labute approximate surface area is 192 Å². The highest BCUT2D eigenvalue weighted by Gasteiger charge is 2.47. The minimum Gasteiger partial charge on any atom is -0.507 e. The summed E-state index contributed by atoms with van der Waals surface area (Å²) in [7, 11) is 1.54. The van der Waals surface area contributed by atoms with Gasteiger partial charge in [0.05, 0.1) is 24.3 Å². The molecule has 1 atom stereocenters. The van der Waals surface area contributed by atoms with Crippen molar-refractivity contribution in [3.8, 4) is 5.75 Å². The van der Waals surface area contributed by atoms with Crippen LogP contribution in [0.15, 0.2) is 54.1 Å². The van der Waals surface area contributed by atoms with Crippen LogP contribution in [0.25, 0.3) is 16.7 Å². The predicted molar refractivity (Wildman–Crippen MR) is 126 cm³/mol. The number of hydrogen-bond donors (Lipinski definition) is 2. The molecule has 0 radical (unpaired) electrons. The zero-order chi connectivity index (χ0) is 23.7. The van der Waals surface area contributed by atoms with Crippen molar-refractivity contribution in [1.82, 2.24) is 9.88 Å². The highest BCUT2D eigenvalue weighted by atomic mass is 16.5. The summed E-state index contributed by atoms with van der Waals surface area (Å²) in [6, 6.07) is 13.8. The number of likely N-dealkylation sites (tertiary alicyclic amines) is 1. The van der Waals surface area contributed by atoms with Gasteiger partial charge in [0.2, 0.25) is 0 Å². The highest BCUT2D eigenvalue weighted by Crippen LogP contribution is 2.43. The molecule has 1 aromatic heterocycles. The van der Waals surface area contributed by atoms with E-state index < -0.39 is 17.7 Å². The van der Waals surface area contributed by atoms with Crippen LogP contribution >= 0.6 is 0 Å². The minimum atomic E-state index is -0.733. The fourth-order valence-corrected chi connectivity index (χ4v) is 4.37. The Kier molecular flexibility index (Phi) is 6.24. The average molecular weight is 449 g/mol. The van der Waals surface area contributed by atoms with Crippen molar-refractivity contribution in [3.63, 3.8) is 0 Å². The van der Waals surface area contributed by atoms with Crippen LogP contribution in [0.2, 0.25) is 0 Å². The van der Waals surface area contributed by atoms with Crippen molar-refractivity contribution < 1.29 is 24.2 Å². The molecule has 0 spiro atoms. The van der Waals surface area contributed by atoms with E-state index in [0.29, 0.717) is 11.3 Å². The number of aliphatic hydroxyl groups is 1. The standard InChI is InChI=1S/C26H28N2O5/c1-15(2)33-18-11-9-17(10-12-18)24(29)22-23(28(13-14-32-4)26(31)25(22)30)21-16(3)27-20-8-6-5-7-19(20)21/h5-12,15,23,27,29H,13-14H2,1-4H3/b24-22+. The number of rotatable bonds is 7. The van der Waals surface area contributed by atoms with Crippen molar-refractivity contribution in [2.24, 2.45) is 0 Å². The number of benzene rings is 2. The molecule has 2 N–H and O–H groups in total. The summed E-state index contributed by atoms with van der Waals surface area (Å²) in [4.78, 5) is 31.0. The van der Waals surface area contributed by atoms with Gasteiger partial charge in [0.1, 0.15) is 11.5 Å². The molecule has 4 rings (SSSR count). The molecule has 1 unspecified atom stereocenters. The number of amides is 1. The molecule has 172 valence electrons. The van der Waals surface area contributed by atoms with Gasteiger partial charge in [0, 0.05) is 41.4 Å². The molecule has 2 heterocycles. The molecular weight excluding hydrogens is 420 g/mol. The number of fused-ring (bicyclic) bond motifs is 1. The number of nitrogens with zero attached hydrogens (tertiary/aromatic N) is 1. The van der Waals surface area contributed by atoms with Gasteiger partial charge in [-0.05, 0) is 51.1 Å². The van der Waals surface area contributed by atoms with Crippen LogP contribution in [-0.4, -0.2) is 53.0 Å². The van der Waals surface area contributed by atoms with Crippen LogP contribution in [-0.2, 0) is 14.3 Å². The highest BCUT2D eigenvalue weighted by molar-refractivity contribution is 6.46. The fraction of sp³-hybridized carbons (Fsp3) is 0.308. The second-order valence-electron chi connectivity index (χ2n) is 8.39. The van der Waals surface area contributed by atoms with E-state index >= 15 is 0 Å². The summed E-state index contributed by atoms with van der Waals surface area (Å²) in [6.07, 6.45) is 0.0143. The first-order valence-corrected chi connectivity index (χ1v) is 10.9. The van der Waals surface area contributed by atoms with E-state index in [0.717, 1.165) is 22.2 Å². The molecule has 33 heavy (non-hydrogen) atoms. The first-order chi connectivity index (χ1) is 15.8. The van der Waals surface area contributed by atoms with Gasteiger partial charge < -0.3 is 24.5 Å². The Morgan fingerprint density at radius 1 is 1.12 bits per heavy atom. The number of para-hydroxylation sites is 1. The van der Waals surface area contributed by atoms with Crippen molar-refractivity contribution in [3.05, 3.63) is 70.9 Å². The lowest BCUT2D eigenvalue weighted by atomic mass is 9.93. The smallest absolute Gasteiger partial charge is 0.295 e. The summed E-state index contributed by atoms with van der Waals surface area (Å²) in [5.74, 6) is -0.908. The van der Waals surface area contributed by atoms with E-state index in [1.807, 2.05) is 45.0 Å². The third-order valence-corrected chi connectivity index (χ3v) is 5.79. The number of nitrogens with one attached hydrogen (secondary N) is 1. The molecule has 0 bridgehead atoms. The third kappa shape index (κ3) is 4.12. The van der Waals surface area contributed by atoms with Crippen LogP contribution in [0.5, 0.6) is 5.75 Å². The molecule has 1 amide bonds. The maximum absolute atomic E-state index is 13.2. The van der Waals surface area contributed by atoms with Gasteiger partial charge in [-0.1, -0.05) is 18.2 Å². The van der Waals surface area contributed by atoms with E-state index in [4.69, 9.17) is 9.47 Å². The summed E-state index contributed by atoms with van der Waals surface area (Å²) >= 11 is 0. The number of aromatic nitrogens is 1. The van der Waals surface area contributed by atoms with Crippen molar-refractivity contribution in [2.45, 2.75) is 32.9 Å². The Balaban J connectivity index is 1.88. The van der Waals surface area contributed by atoms with Crippen LogP contribution in [0.1, 0.15) is 36.7 Å². The Morgan fingerprint density at radius 3 is 2.48 bits per heavy atom. The Hall–Kier alpha value is -3.58. The van der Waals surface area contributed by atoms with Gasteiger partial charge in [0.25, 0.3) is 11.7 Å². The molecule has 1 aliphatic heterocycles. The quantitative estimate of drug-likeness (QED) is 0.319. The predicted octanol–water partition coefficient (Wildman–Crippen LogP) is 4.33. The third-order valence-electron chi connectivity index (χ3n) is 5.79. The van der Waals surface area contributed by atoms with Crippen LogP contribution in [0.4, 0.5) is 0 Å². The maximum atomic E-state index is 13.2. The number of hydrogen-bond acceptors (Lipinski definition) is 5. The summed E-state index contributed by atoms with van der Waals surface area (Å²) in [6.45, 7) is 6.26. The topological polar surface area (TPSA) is 91.9 Å². The SMILES string of the molecule is COCCN1C(=O)C(=O)/C(=C(/O)c2ccc(OC(C)C)cc2)C1c1c(C)[nH]c2ccccc12. The molecule has 0 aliphatic carbocycles. The monoisotopic (exact) mass is 448 g/mol. The van der Waals surface area contributed by atoms with E-state index in [1.165, 1.54) is 4.90 Å². The Bertz CT molecular complexity index is 1220. The van der Waals surface area contributed by atoms with Crippen LogP contribution < -0.4 is 4.74 Å². The van der Waals surface area contributed by atoms with E-state index in [1.54, 1.807) is 31.4 Å². The molecule has 1 aliphatic rings. The van der Waals surface area contributed by atoms with Gasteiger partial charge in [-0.25, -0.2) is 0 Å². The number of Topliss-reactive ketones (excluding diaryl/α,β-unsaturated/α-hetero) is 1. The number of methoxy groups -OCH3 is 1. The van der Waals surface area contributed by atoms with Crippen molar-refractivity contribution >= 4 is 28.4 Å². The van der Waals surface area contributed by atoms with Crippen LogP contribution in [0, 0.1) is 6.92 Å². The molecule has 1 saturated heterocycles. The van der Waals surface area contributed by atoms with E-state index in [9.17, 15) is 14.7 Å². The molecule has 3 aromatic rings. The lowest BCUT2D eigenvalue weighted by Gasteiger charge is -2.25. The summed E-state index contributed by atoms with van der Waals surface area (Å²) in [5.41, 5.74) is 3.04. The lowest BCUT2D eigenvalue weighted by Crippen LogP contribution is -2.32. The number of H-pyrrole nitrogens is 1. The summed E-state index contributed by atoms with van der Waals surface area (Å²) in [5, 5.41) is 12.2. The first kappa shape index (κ1) is 22.6. The van der Waals surface area contributed by atoms with Gasteiger partial charge in [-0.2, -0.15) is 0 Å². The number of ether oxygens (including phenoxy) is 2. The van der Waals surface area contributed by atoms with Crippen molar-refractivity contribution in [2.75, 3.05) is 20.3 Å². The van der Waals surface area contributed by atoms with E-state index in [2.05, 4.69) is 4.98 Å². The number of carbonyl (C=O) groups excluding carboxylic acids is 2. The lowest BCUT2D eigenvalue weighted by molar-refractivity contribution is -0.140. The second kappa shape index (κ2) is 9.11. The molecule has 2 aromatic carbocycles. The number of aryl methyl sites for hydroxylation is 1. The fourth-order valence-electron chi connectivity index (χ4n) is 4.37. The molecular formula is C26H28N2O5. The Morgan fingerprint density at radius 2 is 1.82 bits per heavy atom. The largest absolute Gasteiger partial charge is 0.507 e. The number of ketones is 1. The van der Waals surface area contributed by atoms with Crippen LogP contribution in [0.3, 0.4) is 0 Å². The minimum absolute atomic E-state index is 0.0143. The average Bonchev–Trinajstić information content (AvgIpc) is 3.24. The maximum Gasteiger partial charge on any atom is 0.295 e. The zero-order valence-corrected chi connectivity index (χ0v) is 19.2.